The van der Waals surface area contributed by atoms with Crippen molar-refractivity contribution in [2.75, 3.05) is 17.3 Å². The molecule has 0 spiro atoms. The van der Waals surface area contributed by atoms with Gasteiger partial charge in [-0.2, -0.15) is 0 Å². The Morgan fingerprint density at radius 2 is 1.94 bits per heavy atom. The van der Waals surface area contributed by atoms with Gasteiger partial charge in [-0.3, -0.25) is 4.79 Å². The Balaban J connectivity index is 2.74. The van der Waals surface area contributed by atoms with Crippen LogP contribution in [0, 0.1) is 0 Å². The molecule has 0 aromatic heterocycles. The molecule has 0 saturated heterocycles. The van der Waals surface area contributed by atoms with Gasteiger partial charge in [-0.05, 0) is 37.6 Å². The van der Waals surface area contributed by atoms with Crippen molar-refractivity contribution in [2.24, 2.45) is 0 Å². The Kier molecular flexibility index (Phi) is 4.35. The second kappa shape index (κ2) is 5.54. The predicted molar refractivity (Wildman–Crippen MR) is 68.9 cm³/mol. The number of nitrogens with zero attached hydrogens (tertiary/aromatic N) is 1. The smallest absolute Gasteiger partial charge is 0.221 e. The highest BCUT2D eigenvalue weighted by Gasteiger charge is 2.07. The standard InChI is InChI=1S/C13H20N2O/c1-5-10(2)15(4)13-8-6-12(7-9-13)14-11(3)16/h6-10H,5H2,1-4H3,(H,14,16)/t10-/m1/s1. The maximum atomic E-state index is 10.9. The van der Waals surface area contributed by atoms with Crippen LogP contribution in [0.4, 0.5) is 11.4 Å². The summed E-state index contributed by atoms with van der Waals surface area (Å²) < 4.78 is 0. The Morgan fingerprint density at radius 3 is 2.38 bits per heavy atom. The van der Waals surface area contributed by atoms with Crippen LogP contribution in [0.5, 0.6) is 0 Å². The molecule has 1 aromatic rings. The molecular formula is C13H20N2O. The van der Waals surface area contributed by atoms with Gasteiger partial charge in [0.15, 0.2) is 0 Å². The van der Waals surface area contributed by atoms with Gasteiger partial charge in [-0.25, -0.2) is 0 Å². The van der Waals surface area contributed by atoms with E-state index >= 15 is 0 Å². The van der Waals surface area contributed by atoms with Gasteiger partial charge in [0.25, 0.3) is 0 Å². The number of anilines is 2. The van der Waals surface area contributed by atoms with E-state index in [1.807, 2.05) is 24.3 Å². The maximum Gasteiger partial charge on any atom is 0.221 e. The van der Waals surface area contributed by atoms with Crippen molar-refractivity contribution in [3.8, 4) is 0 Å². The first-order valence-electron chi connectivity index (χ1n) is 5.65. The molecule has 0 fully saturated rings. The van der Waals surface area contributed by atoms with E-state index in [0.717, 1.165) is 12.1 Å². The maximum absolute atomic E-state index is 10.9. The van der Waals surface area contributed by atoms with Crippen LogP contribution in [0.3, 0.4) is 0 Å². The molecule has 1 rings (SSSR count). The normalized spacial score (nSPS) is 12.0. The summed E-state index contributed by atoms with van der Waals surface area (Å²) in [5.74, 6) is -0.0389. The molecule has 1 atom stereocenters. The molecule has 0 aliphatic heterocycles. The van der Waals surface area contributed by atoms with E-state index in [4.69, 9.17) is 0 Å². The molecule has 1 N–H and O–H groups in total. The fraction of sp³-hybridized carbons (Fsp3) is 0.462. The fourth-order valence-corrected chi connectivity index (χ4v) is 1.51. The van der Waals surface area contributed by atoms with E-state index in [-0.39, 0.29) is 5.91 Å². The first-order valence-corrected chi connectivity index (χ1v) is 5.65. The zero-order valence-corrected chi connectivity index (χ0v) is 10.4. The van der Waals surface area contributed by atoms with E-state index in [1.165, 1.54) is 12.6 Å². The number of nitrogens with one attached hydrogen (secondary N) is 1. The molecule has 0 heterocycles. The van der Waals surface area contributed by atoms with Crippen molar-refractivity contribution in [2.45, 2.75) is 33.2 Å². The fourth-order valence-electron chi connectivity index (χ4n) is 1.51. The van der Waals surface area contributed by atoms with Crippen LogP contribution in [0.2, 0.25) is 0 Å². The molecule has 3 heteroatoms. The zero-order chi connectivity index (χ0) is 12.1. The third-order valence-corrected chi connectivity index (χ3v) is 2.85. The average molecular weight is 220 g/mol. The summed E-state index contributed by atoms with van der Waals surface area (Å²) in [6.07, 6.45) is 1.12. The van der Waals surface area contributed by atoms with E-state index in [9.17, 15) is 4.79 Å². The SMILES string of the molecule is CC[C@@H](C)N(C)c1ccc(NC(C)=O)cc1. The highest BCUT2D eigenvalue weighted by atomic mass is 16.1. The van der Waals surface area contributed by atoms with Crippen LogP contribution in [0.25, 0.3) is 0 Å². The first-order chi connectivity index (χ1) is 7.54. The lowest BCUT2D eigenvalue weighted by molar-refractivity contribution is -0.114. The summed E-state index contributed by atoms with van der Waals surface area (Å²) >= 11 is 0. The van der Waals surface area contributed by atoms with Gasteiger partial charge in [0.1, 0.15) is 0 Å². The molecule has 88 valence electrons. The Bertz CT molecular complexity index is 345. The molecule has 0 radical (unpaired) electrons. The van der Waals surface area contributed by atoms with Crippen molar-refractivity contribution in [1.82, 2.24) is 0 Å². The van der Waals surface area contributed by atoms with Gasteiger partial charge in [0.05, 0.1) is 0 Å². The van der Waals surface area contributed by atoms with Gasteiger partial charge in [0.2, 0.25) is 5.91 Å². The van der Waals surface area contributed by atoms with Gasteiger partial charge in [-0.15, -0.1) is 0 Å². The number of hydrogen-bond donors (Lipinski definition) is 1. The highest BCUT2D eigenvalue weighted by molar-refractivity contribution is 5.88. The van der Waals surface area contributed by atoms with E-state index in [2.05, 4.69) is 31.1 Å². The number of rotatable bonds is 4. The summed E-state index contributed by atoms with van der Waals surface area (Å²) in [5.41, 5.74) is 2.01. The van der Waals surface area contributed by atoms with Gasteiger partial charge in [-0.1, -0.05) is 6.92 Å². The molecule has 0 aliphatic carbocycles. The van der Waals surface area contributed by atoms with Crippen LogP contribution in [-0.4, -0.2) is 19.0 Å². The zero-order valence-electron chi connectivity index (χ0n) is 10.4. The quantitative estimate of drug-likeness (QED) is 0.846. The van der Waals surface area contributed by atoms with Crippen LogP contribution in [-0.2, 0) is 4.79 Å². The summed E-state index contributed by atoms with van der Waals surface area (Å²) in [7, 11) is 2.08. The molecule has 0 saturated carbocycles. The molecule has 0 aliphatic rings. The highest BCUT2D eigenvalue weighted by Crippen LogP contribution is 2.19. The number of carbonyl (C=O) groups excluding carboxylic acids is 1. The van der Waals surface area contributed by atoms with Crippen LogP contribution < -0.4 is 10.2 Å². The van der Waals surface area contributed by atoms with Crippen molar-refractivity contribution in [1.29, 1.82) is 0 Å². The molecule has 16 heavy (non-hydrogen) atoms. The summed E-state index contributed by atoms with van der Waals surface area (Å²) in [4.78, 5) is 13.1. The van der Waals surface area contributed by atoms with Gasteiger partial charge in [0, 0.05) is 31.4 Å². The summed E-state index contributed by atoms with van der Waals surface area (Å²) in [6.45, 7) is 5.88. The summed E-state index contributed by atoms with van der Waals surface area (Å²) in [6, 6.07) is 8.42. The van der Waals surface area contributed by atoms with Crippen molar-refractivity contribution in [3.05, 3.63) is 24.3 Å². The lowest BCUT2D eigenvalue weighted by Gasteiger charge is -2.26. The molecule has 3 nitrogen and oxygen atoms in total. The third-order valence-electron chi connectivity index (χ3n) is 2.85. The van der Waals surface area contributed by atoms with Crippen LogP contribution >= 0.6 is 0 Å². The minimum Gasteiger partial charge on any atom is -0.372 e. The number of benzene rings is 1. The molecule has 1 aromatic carbocycles. The molecule has 0 bridgehead atoms. The molecular weight excluding hydrogens is 200 g/mol. The number of hydrogen-bond acceptors (Lipinski definition) is 2. The number of amides is 1. The summed E-state index contributed by atoms with van der Waals surface area (Å²) in [5, 5.41) is 2.76. The predicted octanol–water partition coefficient (Wildman–Crippen LogP) is 2.88. The average Bonchev–Trinajstić information content (AvgIpc) is 2.27. The van der Waals surface area contributed by atoms with Gasteiger partial charge >= 0.3 is 0 Å². The lowest BCUT2D eigenvalue weighted by Crippen LogP contribution is -2.27. The first kappa shape index (κ1) is 12.6. The van der Waals surface area contributed by atoms with Crippen molar-refractivity contribution < 1.29 is 4.79 Å². The Labute approximate surface area is 97.5 Å². The second-order valence-corrected chi connectivity index (χ2v) is 4.10. The minimum atomic E-state index is -0.0389. The van der Waals surface area contributed by atoms with E-state index < -0.39 is 0 Å². The van der Waals surface area contributed by atoms with E-state index in [1.54, 1.807) is 0 Å². The van der Waals surface area contributed by atoms with Crippen LogP contribution in [0.1, 0.15) is 27.2 Å². The Morgan fingerprint density at radius 1 is 1.38 bits per heavy atom. The van der Waals surface area contributed by atoms with Crippen molar-refractivity contribution >= 4 is 17.3 Å². The van der Waals surface area contributed by atoms with E-state index in [0.29, 0.717) is 6.04 Å². The molecule has 1 amide bonds. The molecule has 0 unspecified atom stereocenters. The minimum absolute atomic E-state index is 0.0389. The monoisotopic (exact) mass is 220 g/mol. The lowest BCUT2D eigenvalue weighted by atomic mass is 10.2. The number of carbonyl (C=O) groups is 1. The largest absolute Gasteiger partial charge is 0.372 e. The Hall–Kier alpha value is -1.51. The van der Waals surface area contributed by atoms with Crippen molar-refractivity contribution in [3.63, 3.8) is 0 Å². The topological polar surface area (TPSA) is 32.3 Å². The van der Waals surface area contributed by atoms with Crippen LogP contribution in [0.15, 0.2) is 24.3 Å². The second-order valence-electron chi connectivity index (χ2n) is 4.10. The third kappa shape index (κ3) is 3.26. The van der Waals surface area contributed by atoms with Gasteiger partial charge < -0.3 is 10.2 Å².